The number of pyridine rings is 1. The van der Waals surface area contributed by atoms with Gasteiger partial charge in [0.2, 0.25) is 0 Å². The molecule has 0 aliphatic carbocycles. The van der Waals surface area contributed by atoms with Crippen LogP contribution in [-0.2, 0) is 7.05 Å². The molecule has 25 heavy (non-hydrogen) atoms. The van der Waals surface area contributed by atoms with Gasteiger partial charge in [0.25, 0.3) is 0 Å². The van der Waals surface area contributed by atoms with Crippen LogP contribution in [0.25, 0.3) is 11.2 Å². The van der Waals surface area contributed by atoms with Gasteiger partial charge in [0.1, 0.15) is 17.7 Å². The van der Waals surface area contributed by atoms with Crippen LogP contribution in [0.5, 0.6) is 0 Å². The molecule has 0 N–H and O–H groups in total. The molecule has 2 atom stereocenters. The van der Waals surface area contributed by atoms with E-state index in [1.807, 2.05) is 17.8 Å². The molecule has 0 aromatic carbocycles. The maximum atomic E-state index is 4.56. The summed E-state index contributed by atoms with van der Waals surface area (Å²) < 4.78 is 3.03. The van der Waals surface area contributed by atoms with Crippen LogP contribution in [0.4, 0.5) is 11.6 Å². The fraction of sp³-hybridized carbons (Fsp3) is 0.412. The highest BCUT2D eigenvalue weighted by Gasteiger charge is 2.41. The predicted octanol–water partition coefficient (Wildman–Crippen LogP) is 2.09. The lowest BCUT2D eigenvalue weighted by Gasteiger charge is -2.23. The molecule has 3 aromatic rings. The Bertz CT molecular complexity index is 908. The molecule has 3 aromatic heterocycles. The third-order valence-electron chi connectivity index (χ3n) is 5.31. The standard InChI is InChI=1S/C17H18BrN7/c1-23-10-22-16-15(23)17(21-9-20-16)25-7-11-5-24(6-12(11)8-25)14-3-2-13(18)4-19-14/h2-4,9-12H,5-8H2,1H3. The summed E-state index contributed by atoms with van der Waals surface area (Å²) in [5.74, 6) is 3.36. The van der Waals surface area contributed by atoms with Crippen LogP contribution in [0.2, 0.25) is 0 Å². The van der Waals surface area contributed by atoms with Gasteiger partial charge in [-0.3, -0.25) is 0 Å². The molecule has 0 bridgehead atoms. The Morgan fingerprint density at radius 1 is 0.960 bits per heavy atom. The molecule has 0 amide bonds. The normalized spacial score (nSPS) is 22.8. The van der Waals surface area contributed by atoms with Gasteiger partial charge in [-0.05, 0) is 28.1 Å². The van der Waals surface area contributed by atoms with Crippen molar-refractivity contribution < 1.29 is 0 Å². The topological polar surface area (TPSA) is 63.0 Å². The zero-order valence-electron chi connectivity index (χ0n) is 13.9. The van der Waals surface area contributed by atoms with E-state index in [2.05, 4.69) is 57.8 Å². The number of rotatable bonds is 2. The van der Waals surface area contributed by atoms with Crippen LogP contribution in [0.3, 0.4) is 0 Å². The third-order valence-corrected chi connectivity index (χ3v) is 5.78. The van der Waals surface area contributed by atoms with Crippen molar-refractivity contribution in [3.8, 4) is 0 Å². The molecule has 0 radical (unpaired) electrons. The van der Waals surface area contributed by atoms with Crippen LogP contribution >= 0.6 is 15.9 Å². The molecular weight excluding hydrogens is 382 g/mol. The maximum absolute atomic E-state index is 4.56. The molecule has 2 aliphatic rings. The van der Waals surface area contributed by atoms with E-state index in [-0.39, 0.29) is 0 Å². The van der Waals surface area contributed by atoms with Crippen molar-refractivity contribution >= 4 is 38.7 Å². The van der Waals surface area contributed by atoms with E-state index in [4.69, 9.17) is 0 Å². The first kappa shape index (κ1) is 15.1. The number of aromatic nitrogens is 5. The lowest BCUT2D eigenvalue weighted by molar-refractivity contribution is 0.533. The maximum Gasteiger partial charge on any atom is 0.182 e. The highest BCUT2D eigenvalue weighted by atomic mass is 79.9. The summed E-state index contributed by atoms with van der Waals surface area (Å²) in [6, 6.07) is 4.15. The number of hydrogen-bond acceptors (Lipinski definition) is 6. The van der Waals surface area contributed by atoms with E-state index >= 15 is 0 Å². The Kier molecular flexibility index (Phi) is 3.41. The molecular formula is C17H18BrN7. The fourth-order valence-corrected chi connectivity index (χ4v) is 4.34. The summed E-state index contributed by atoms with van der Waals surface area (Å²) in [4.78, 5) is 22.5. The molecule has 7 nitrogen and oxygen atoms in total. The minimum atomic E-state index is 0.642. The molecule has 0 saturated carbocycles. The van der Waals surface area contributed by atoms with Crippen molar-refractivity contribution in [2.45, 2.75) is 0 Å². The summed E-state index contributed by atoms with van der Waals surface area (Å²) in [5.41, 5.74) is 1.79. The van der Waals surface area contributed by atoms with E-state index in [1.165, 1.54) is 0 Å². The second-order valence-corrected chi connectivity index (χ2v) is 7.81. The van der Waals surface area contributed by atoms with E-state index in [9.17, 15) is 0 Å². The molecule has 8 heteroatoms. The third kappa shape index (κ3) is 2.47. The van der Waals surface area contributed by atoms with Gasteiger partial charge in [-0.1, -0.05) is 0 Å². The number of aryl methyl sites for hydroxylation is 1. The Morgan fingerprint density at radius 2 is 1.72 bits per heavy atom. The van der Waals surface area contributed by atoms with Gasteiger partial charge in [0, 0.05) is 55.7 Å². The summed E-state index contributed by atoms with van der Waals surface area (Å²) in [6.45, 7) is 4.15. The average molecular weight is 400 g/mol. The zero-order valence-corrected chi connectivity index (χ0v) is 15.5. The zero-order chi connectivity index (χ0) is 17.0. The number of halogens is 1. The largest absolute Gasteiger partial charge is 0.356 e. The summed E-state index contributed by atoms with van der Waals surface area (Å²) >= 11 is 3.45. The molecule has 2 unspecified atom stereocenters. The molecule has 5 rings (SSSR count). The quantitative estimate of drug-likeness (QED) is 0.657. The molecule has 128 valence electrons. The summed E-state index contributed by atoms with van der Waals surface area (Å²) in [7, 11) is 2.00. The van der Waals surface area contributed by atoms with Gasteiger partial charge in [0.15, 0.2) is 11.5 Å². The van der Waals surface area contributed by atoms with Crippen molar-refractivity contribution in [2.24, 2.45) is 18.9 Å². The average Bonchev–Trinajstić information content (AvgIpc) is 3.29. The van der Waals surface area contributed by atoms with Crippen molar-refractivity contribution in [2.75, 3.05) is 36.0 Å². The number of anilines is 2. The Balaban J connectivity index is 1.37. The number of nitrogens with zero attached hydrogens (tertiary/aromatic N) is 7. The molecule has 0 spiro atoms. The minimum Gasteiger partial charge on any atom is -0.356 e. The van der Waals surface area contributed by atoms with Crippen LogP contribution < -0.4 is 9.80 Å². The van der Waals surface area contributed by atoms with Crippen molar-refractivity contribution in [1.82, 2.24) is 24.5 Å². The lowest BCUT2D eigenvalue weighted by atomic mass is 10.0. The Hall–Kier alpha value is -2.22. The first-order valence-corrected chi connectivity index (χ1v) is 9.22. The van der Waals surface area contributed by atoms with Crippen molar-refractivity contribution in [1.29, 1.82) is 0 Å². The SMILES string of the molecule is Cn1cnc2ncnc(N3CC4CN(c5ccc(Br)cn5)CC4C3)c21. The summed E-state index contributed by atoms with van der Waals surface area (Å²) in [5, 5.41) is 0. The smallest absolute Gasteiger partial charge is 0.182 e. The molecule has 5 heterocycles. The number of fused-ring (bicyclic) bond motifs is 2. The van der Waals surface area contributed by atoms with Gasteiger partial charge in [-0.25, -0.2) is 19.9 Å². The van der Waals surface area contributed by atoms with Crippen LogP contribution in [0.1, 0.15) is 0 Å². The van der Waals surface area contributed by atoms with Crippen LogP contribution in [0.15, 0.2) is 35.5 Å². The Morgan fingerprint density at radius 3 is 2.44 bits per heavy atom. The Labute approximate surface area is 153 Å². The monoisotopic (exact) mass is 399 g/mol. The fourth-order valence-electron chi connectivity index (χ4n) is 4.11. The molecule has 2 aliphatic heterocycles. The summed E-state index contributed by atoms with van der Waals surface area (Å²) in [6.07, 6.45) is 5.30. The first-order chi connectivity index (χ1) is 12.2. The number of imidazole rings is 1. The van der Waals surface area contributed by atoms with Gasteiger partial charge in [-0.15, -0.1) is 0 Å². The predicted molar refractivity (Wildman–Crippen MR) is 99.6 cm³/mol. The first-order valence-electron chi connectivity index (χ1n) is 8.42. The second kappa shape index (κ2) is 5.66. The minimum absolute atomic E-state index is 0.642. The van der Waals surface area contributed by atoms with Crippen molar-refractivity contribution in [3.05, 3.63) is 35.5 Å². The van der Waals surface area contributed by atoms with Gasteiger partial charge in [0.05, 0.1) is 6.33 Å². The second-order valence-electron chi connectivity index (χ2n) is 6.89. The van der Waals surface area contributed by atoms with E-state index < -0.39 is 0 Å². The van der Waals surface area contributed by atoms with Crippen LogP contribution in [-0.4, -0.2) is 50.7 Å². The van der Waals surface area contributed by atoms with Gasteiger partial charge < -0.3 is 14.4 Å². The van der Waals surface area contributed by atoms with Gasteiger partial charge >= 0.3 is 0 Å². The lowest BCUT2D eigenvalue weighted by Crippen LogP contribution is -2.29. The molecule has 2 saturated heterocycles. The van der Waals surface area contributed by atoms with Crippen LogP contribution in [0, 0.1) is 11.8 Å². The molecule has 2 fully saturated rings. The van der Waals surface area contributed by atoms with Gasteiger partial charge in [-0.2, -0.15) is 0 Å². The highest BCUT2D eigenvalue weighted by Crippen LogP contribution is 2.36. The van der Waals surface area contributed by atoms with E-state index in [0.717, 1.165) is 53.5 Å². The number of hydrogen-bond donors (Lipinski definition) is 0. The van der Waals surface area contributed by atoms with Crippen molar-refractivity contribution in [3.63, 3.8) is 0 Å². The van der Waals surface area contributed by atoms with E-state index in [1.54, 1.807) is 12.7 Å². The highest BCUT2D eigenvalue weighted by molar-refractivity contribution is 9.10. The van der Waals surface area contributed by atoms with E-state index in [0.29, 0.717) is 11.8 Å².